The Balaban J connectivity index is 1.89. The fourth-order valence-electron chi connectivity index (χ4n) is 3.77. The van der Waals surface area contributed by atoms with Crippen LogP contribution < -0.4 is 11.2 Å². The van der Waals surface area contributed by atoms with E-state index in [2.05, 4.69) is 23.4 Å². The van der Waals surface area contributed by atoms with Gasteiger partial charge in [0.05, 0.1) is 0 Å². The van der Waals surface area contributed by atoms with Gasteiger partial charge in [-0.3, -0.25) is 18.3 Å². The van der Waals surface area contributed by atoms with Crippen molar-refractivity contribution in [2.75, 3.05) is 0 Å². The van der Waals surface area contributed by atoms with Crippen molar-refractivity contribution in [3.63, 3.8) is 0 Å². The summed E-state index contributed by atoms with van der Waals surface area (Å²) in [5, 5.41) is 0. The molecular formula is C22H25N5O2. The molecular weight excluding hydrogens is 366 g/mol. The Hall–Kier alpha value is -3.35. The van der Waals surface area contributed by atoms with Gasteiger partial charge in [0.15, 0.2) is 11.2 Å². The number of hydrogen-bond acceptors (Lipinski definition) is 3. The Labute approximate surface area is 168 Å². The van der Waals surface area contributed by atoms with Crippen molar-refractivity contribution in [2.45, 2.75) is 39.8 Å². The van der Waals surface area contributed by atoms with E-state index in [1.165, 1.54) is 9.13 Å². The molecule has 3 aromatic heterocycles. The van der Waals surface area contributed by atoms with Crippen LogP contribution in [0.4, 0.5) is 0 Å². The van der Waals surface area contributed by atoms with Crippen LogP contribution in [0.15, 0.2) is 52.2 Å². The molecule has 0 N–H and O–H groups in total. The topological polar surface area (TPSA) is 66.2 Å². The fraction of sp³-hybridized carbons (Fsp3) is 0.318. The van der Waals surface area contributed by atoms with Crippen molar-refractivity contribution in [3.05, 3.63) is 74.7 Å². The van der Waals surface area contributed by atoms with Crippen LogP contribution in [0, 0.1) is 6.92 Å². The second-order valence-corrected chi connectivity index (χ2v) is 7.42. The van der Waals surface area contributed by atoms with Gasteiger partial charge >= 0.3 is 5.69 Å². The highest BCUT2D eigenvalue weighted by atomic mass is 16.2. The van der Waals surface area contributed by atoms with Crippen LogP contribution in [0.5, 0.6) is 0 Å². The lowest BCUT2D eigenvalue weighted by Gasteiger charge is -2.12. The van der Waals surface area contributed by atoms with E-state index in [-0.39, 0.29) is 23.8 Å². The molecule has 0 radical (unpaired) electrons. The summed E-state index contributed by atoms with van der Waals surface area (Å²) in [5.74, 6) is 0.691. The standard InChI is InChI=1S/C22H25N5O2/c1-5-15(2)27-16(3)14-26-18-19(23-21(26)27)24(4)22(29)25(20(18)28)13-9-12-17-10-7-6-8-11-17/h6-12,14-15H,5,13H2,1-4H3. The van der Waals surface area contributed by atoms with Gasteiger partial charge in [0, 0.05) is 31.5 Å². The Kier molecular flexibility index (Phi) is 4.74. The van der Waals surface area contributed by atoms with Crippen LogP contribution in [0.1, 0.15) is 37.6 Å². The lowest BCUT2D eigenvalue weighted by molar-refractivity contribution is 0.532. The molecule has 150 valence electrons. The van der Waals surface area contributed by atoms with Crippen molar-refractivity contribution in [2.24, 2.45) is 7.05 Å². The maximum atomic E-state index is 13.2. The fourth-order valence-corrected chi connectivity index (χ4v) is 3.77. The minimum Gasteiger partial charge on any atom is -0.311 e. The lowest BCUT2D eigenvalue weighted by atomic mass is 10.2. The molecule has 29 heavy (non-hydrogen) atoms. The van der Waals surface area contributed by atoms with Gasteiger partial charge in [-0.1, -0.05) is 49.4 Å². The zero-order valence-corrected chi connectivity index (χ0v) is 17.2. The van der Waals surface area contributed by atoms with Crippen LogP contribution in [0.25, 0.3) is 23.0 Å². The maximum absolute atomic E-state index is 13.2. The lowest BCUT2D eigenvalue weighted by Crippen LogP contribution is -2.39. The summed E-state index contributed by atoms with van der Waals surface area (Å²) in [5.41, 5.74) is 2.21. The third-order valence-electron chi connectivity index (χ3n) is 5.50. The monoisotopic (exact) mass is 391 g/mol. The van der Waals surface area contributed by atoms with Crippen molar-refractivity contribution >= 4 is 23.0 Å². The second kappa shape index (κ2) is 7.24. The normalized spacial score (nSPS) is 13.1. The number of aryl methyl sites for hydroxylation is 2. The van der Waals surface area contributed by atoms with E-state index in [1.807, 2.05) is 60.0 Å². The molecule has 4 aromatic rings. The van der Waals surface area contributed by atoms with Crippen LogP contribution in [-0.4, -0.2) is 23.1 Å². The van der Waals surface area contributed by atoms with E-state index in [0.717, 1.165) is 17.7 Å². The van der Waals surface area contributed by atoms with Gasteiger partial charge in [0.1, 0.15) is 0 Å². The molecule has 1 aromatic carbocycles. The smallest absolute Gasteiger partial charge is 0.311 e. The molecule has 1 atom stereocenters. The van der Waals surface area contributed by atoms with E-state index < -0.39 is 0 Å². The molecule has 3 heterocycles. The first kappa shape index (κ1) is 19.0. The number of benzene rings is 1. The average Bonchev–Trinajstić information content (AvgIpc) is 3.23. The Morgan fingerprint density at radius 2 is 1.90 bits per heavy atom. The molecule has 0 aliphatic carbocycles. The van der Waals surface area contributed by atoms with E-state index in [0.29, 0.717) is 16.9 Å². The molecule has 0 saturated carbocycles. The average molecular weight is 391 g/mol. The molecule has 0 amide bonds. The van der Waals surface area contributed by atoms with Gasteiger partial charge in [-0.25, -0.2) is 4.79 Å². The SMILES string of the molecule is CCC(C)n1c(C)cn2c3c(=O)n(CC=Cc4ccccc4)c(=O)n(C)c3nc12. The van der Waals surface area contributed by atoms with Gasteiger partial charge in [-0.05, 0) is 25.8 Å². The van der Waals surface area contributed by atoms with E-state index in [9.17, 15) is 9.59 Å². The Morgan fingerprint density at radius 3 is 2.59 bits per heavy atom. The highest BCUT2D eigenvalue weighted by Gasteiger charge is 2.21. The number of aromatic nitrogens is 5. The first-order valence-electron chi connectivity index (χ1n) is 9.85. The molecule has 0 aliphatic heterocycles. The van der Waals surface area contributed by atoms with Crippen LogP contribution in [-0.2, 0) is 13.6 Å². The van der Waals surface area contributed by atoms with Crippen molar-refractivity contribution in [1.82, 2.24) is 23.1 Å². The van der Waals surface area contributed by atoms with Crippen LogP contribution in [0.3, 0.4) is 0 Å². The number of hydrogen-bond donors (Lipinski definition) is 0. The maximum Gasteiger partial charge on any atom is 0.332 e. The van der Waals surface area contributed by atoms with E-state index >= 15 is 0 Å². The second-order valence-electron chi connectivity index (χ2n) is 7.42. The third-order valence-corrected chi connectivity index (χ3v) is 5.50. The molecule has 0 fully saturated rings. The summed E-state index contributed by atoms with van der Waals surface area (Å²) in [6.45, 7) is 6.45. The summed E-state index contributed by atoms with van der Waals surface area (Å²) >= 11 is 0. The summed E-state index contributed by atoms with van der Waals surface area (Å²) in [7, 11) is 1.66. The van der Waals surface area contributed by atoms with Gasteiger partial charge in [-0.2, -0.15) is 4.98 Å². The molecule has 0 saturated heterocycles. The number of fused-ring (bicyclic) bond motifs is 3. The van der Waals surface area contributed by atoms with Gasteiger partial charge in [0.2, 0.25) is 5.78 Å². The van der Waals surface area contributed by atoms with Crippen molar-refractivity contribution < 1.29 is 0 Å². The highest BCUT2D eigenvalue weighted by Crippen LogP contribution is 2.22. The van der Waals surface area contributed by atoms with Gasteiger partial charge in [-0.15, -0.1) is 0 Å². The molecule has 0 bridgehead atoms. The number of nitrogens with zero attached hydrogens (tertiary/aromatic N) is 5. The largest absolute Gasteiger partial charge is 0.332 e. The Bertz CT molecular complexity index is 1340. The van der Waals surface area contributed by atoms with Crippen molar-refractivity contribution in [3.8, 4) is 0 Å². The summed E-state index contributed by atoms with van der Waals surface area (Å²) < 4.78 is 6.64. The van der Waals surface area contributed by atoms with Crippen LogP contribution in [0.2, 0.25) is 0 Å². The Morgan fingerprint density at radius 1 is 1.17 bits per heavy atom. The van der Waals surface area contributed by atoms with Gasteiger partial charge in [0.25, 0.3) is 5.56 Å². The molecule has 0 spiro atoms. The first-order chi connectivity index (χ1) is 13.9. The zero-order chi connectivity index (χ0) is 20.7. The summed E-state index contributed by atoms with van der Waals surface area (Å²) in [6, 6.07) is 10.0. The third kappa shape index (κ3) is 3.03. The predicted octanol–water partition coefficient (Wildman–Crippen LogP) is 3.14. The first-order valence-corrected chi connectivity index (χ1v) is 9.85. The minimum absolute atomic E-state index is 0.203. The molecule has 1 unspecified atom stereocenters. The zero-order valence-electron chi connectivity index (χ0n) is 17.2. The molecule has 4 rings (SSSR count). The van der Waals surface area contributed by atoms with E-state index in [4.69, 9.17) is 0 Å². The molecule has 7 heteroatoms. The minimum atomic E-state index is -0.368. The van der Waals surface area contributed by atoms with Gasteiger partial charge < -0.3 is 4.57 Å². The summed E-state index contributed by atoms with van der Waals surface area (Å²) in [4.78, 5) is 30.7. The van der Waals surface area contributed by atoms with Crippen LogP contribution >= 0.6 is 0 Å². The number of imidazole rings is 2. The number of rotatable bonds is 5. The predicted molar refractivity (Wildman–Crippen MR) is 115 cm³/mol. The summed E-state index contributed by atoms with van der Waals surface area (Å²) in [6.07, 6.45) is 6.61. The number of allylic oxidation sites excluding steroid dienone is 1. The highest BCUT2D eigenvalue weighted by molar-refractivity contribution is 5.75. The molecule has 0 aliphatic rings. The van der Waals surface area contributed by atoms with E-state index in [1.54, 1.807) is 7.05 Å². The quantitative estimate of drug-likeness (QED) is 0.525. The van der Waals surface area contributed by atoms with Crippen molar-refractivity contribution in [1.29, 1.82) is 0 Å². The molecule has 7 nitrogen and oxygen atoms in total.